The zero-order chi connectivity index (χ0) is 19.2. The van der Waals surface area contributed by atoms with E-state index in [1.54, 1.807) is 31.4 Å². The fraction of sp³-hybridized carbons (Fsp3) is 0.211. The number of anilines is 1. The van der Waals surface area contributed by atoms with Crippen LogP contribution in [0.1, 0.15) is 21.8 Å². The highest BCUT2D eigenvalue weighted by molar-refractivity contribution is 6.02. The number of furan rings is 1. The predicted molar refractivity (Wildman–Crippen MR) is 98.4 cm³/mol. The molecule has 140 valence electrons. The molecule has 2 amide bonds. The molecule has 0 aliphatic rings. The lowest BCUT2D eigenvalue weighted by Gasteiger charge is -2.09. The van der Waals surface area contributed by atoms with Gasteiger partial charge in [-0.15, -0.1) is 0 Å². The molecule has 0 spiro atoms. The number of para-hydroxylation sites is 1. The SMILES string of the molecule is Cc1ccccc1OCC(=O)Nc1cn(C)nc1C(=O)NCc1ccco1. The van der Waals surface area contributed by atoms with E-state index in [4.69, 9.17) is 9.15 Å². The number of ether oxygens (including phenoxy) is 1. The van der Waals surface area contributed by atoms with Gasteiger partial charge in [-0.1, -0.05) is 18.2 Å². The fourth-order valence-corrected chi connectivity index (χ4v) is 2.46. The molecule has 0 unspecified atom stereocenters. The van der Waals surface area contributed by atoms with E-state index in [0.717, 1.165) is 5.56 Å². The van der Waals surface area contributed by atoms with E-state index in [1.807, 2.05) is 25.1 Å². The van der Waals surface area contributed by atoms with Crippen molar-refractivity contribution in [3.8, 4) is 5.75 Å². The van der Waals surface area contributed by atoms with Crippen molar-refractivity contribution in [2.45, 2.75) is 13.5 Å². The largest absolute Gasteiger partial charge is 0.483 e. The van der Waals surface area contributed by atoms with Gasteiger partial charge in [-0.3, -0.25) is 14.3 Å². The Morgan fingerprint density at radius 3 is 2.78 bits per heavy atom. The monoisotopic (exact) mass is 368 g/mol. The number of amides is 2. The molecule has 0 saturated heterocycles. The highest BCUT2D eigenvalue weighted by Crippen LogP contribution is 2.17. The van der Waals surface area contributed by atoms with Crippen LogP contribution in [0, 0.1) is 6.92 Å². The summed E-state index contributed by atoms with van der Waals surface area (Å²) in [4.78, 5) is 24.6. The number of aryl methyl sites for hydroxylation is 2. The van der Waals surface area contributed by atoms with Crippen LogP contribution in [-0.2, 0) is 18.4 Å². The van der Waals surface area contributed by atoms with Crippen LogP contribution in [0.25, 0.3) is 0 Å². The van der Waals surface area contributed by atoms with Crippen LogP contribution in [0.2, 0.25) is 0 Å². The molecule has 2 aromatic heterocycles. The maximum absolute atomic E-state index is 12.4. The van der Waals surface area contributed by atoms with Crippen molar-refractivity contribution in [1.29, 1.82) is 0 Å². The third kappa shape index (κ3) is 4.75. The van der Waals surface area contributed by atoms with Crippen LogP contribution in [0.15, 0.2) is 53.3 Å². The van der Waals surface area contributed by atoms with Gasteiger partial charge in [-0.05, 0) is 30.7 Å². The summed E-state index contributed by atoms with van der Waals surface area (Å²) in [5.74, 6) is 0.459. The van der Waals surface area contributed by atoms with Gasteiger partial charge in [0.2, 0.25) is 0 Å². The van der Waals surface area contributed by atoms with E-state index in [2.05, 4.69) is 15.7 Å². The number of hydrogen-bond acceptors (Lipinski definition) is 5. The molecular weight excluding hydrogens is 348 g/mol. The topological polar surface area (TPSA) is 98.4 Å². The number of aromatic nitrogens is 2. The summed E-state index contributed by atoms with van der Waals surface area (Å²) >= 11 is 0. The summed E-state index contributed by atoms with van der Waals surface area (Å²) in [6, 6.07) is 10.9. The summed E-state index contributed by atoms with van der Waals surface area (Å²) < 4.78 is 12.2. The summed E-state index contributed by atoms with van der Waals surface area (Å²) in [6.07, 6.45) is 3.09. The predicted octanol–water partition coefficient (Wildman–Crippen LogP) is 2.27. The van der Waals surface area contributed by atoms with Crippen molar-refractivity contribution in [1.82, 2.24) is 15.1 Å². The van der Waals surface area contributed by atoms with Gasteiger partial charge in [0, 0.05) is 13.2 Å². The minimum absolute atomic E-state index is 0.119. The Balaban J connectivity index is 1.60. The maximum Gasteiger partial charge on any atom is 0.274 e. The number of carbonyl (C=O) groups is 2. The normalized spacial score (nSPS) is 10.4. The summed E-state index contributed by atoms with van der Waals surface area (Å²) in [5.41, 5.74) is 1.37. The molecule has 1 aromatic carbocycles. The van der Waals surface area contributed by atoms with Crippen molar-refractivity contribution in [2.75, 3.05) is 11.9 Å². The second-order valence-corrected chi connectivity index (χ2v) is 5.93. The Hall–Kier alpha value is -3.55. The van der Waals surface area contributed by atoms with Gasteiger partial charge < -0.3 is 19.8 Å². The minimum atomic E-state index is -0.415. The molecule has 0 aliphatic carbocycles. The Labute approximate surface area is 156 Å². The highest BCUT2D eigenvalue weighted by Gasteiger charge is 2.18. The van der Waals surface area contributed by atoms with Gasteiger partial charge in [0.25, 0.3) is 11.8 Å². The van der Waals surface area contributed by atoms with Crippen LogP contribution >= 0.6 is 0 Å². The Morgan fingerprint density at radius 2 is 2.04 bits per heavy atom. The lowest BCUT2D eigenvalue weighted by Crippen LogP contribution is -2.26. The first-order chi connectivity index (χ1) is 13.0. The molecule has 8 nitrogen and oxygen atoms in total. The molecule has 3 aromatic rings. The van der Waals surface area contributed by atoms with Crippen molar-refractivity contribution in [3.63, 3.8) is 0 Å². The standard InChI is InChI=1S/C19H20N4O4/c1-13-6-3-4-8-16(13)27-12-17(24)21-15-11-23(2)22-18(15)19(25)20-10-14-7-5-9-26-14/h3-9,11H,10,12H2,1-2H3,(H,20,25)(H,21,24). The molecule has 2 heterocycles. The quantitative estimate of drug-likeness (QED) is 0.667. The van der Waals surface area contributed by atoms with Gasteiger partial charge in [0.1, 0.15) is 11.5 Å². The van der Waals surface area contributed by atoms with E-state index in [1.165, 1.54) is 10.9 Å². The Bertz CT molecular complexity index is 931. The third-order valence-corrected chi connectivity index (χ3v) is 3.77. The van der Waals surface area contributed by atoms with Crippen LogP contribution in [0.5, 0.6) is 5.75 Å². The van der Waals surface area contributed by atoms with Crippen LogP contribution in [-0.4, -0.2) is 28.2 Å². The average Bonchev–Trinajstić information content (AvgIpc) is 3.28. The van der Waals surface area contributed by atoms with Crippen LogP contribution in [0.3, 0.4) is 0 Å². The van der Waals surface area contributed by atoms with Crippen LogP contribution in [0.4, 0.5) is 5.69 Å². The number of benzene rings is 1. The molecule has 2 N–H and O–H groups in total. The number of hydrogen-bond donors (Lipinski definition) is 2. The molecule has 0 radical (unpaired) electrons. The minimum Gasteiger partial charge on any atom is -0.483 e. The van der Waals surface area contributed by atoms with Gasteiger partial charge in [0.15, 0.2) is 12.3 Å². The zero-order valence-electron chi connectivity index (χ0n) is 15.1. The van der Waals surface area contributed by atoms with Gasteiger partial charge in [-0.25, -0.2) is 0 Å². The highest BCUT2D eigenvalue weighted by atomic mass is 16.5. The zero-order valence-corrected chi connectivity index (χ0v) is 15.1. The van der Waals surface area contributed by atoms with Gasteiger partial charge in [-0.2, -0.15) is 5.10 Å². The van der Waals surface area contributed by atoms with E-state index < -0.39 is 5.91 Å². The average molecular weight is 368 g/mol. The molecule has 27 heavy (non-hydrogen) atoms. The van der Waals surface area contributed by atoms with E-state index >= 15 is 0 Å². The first kappa shape index (κ1) is 18.2. The first-order valence-electron chi connectivity index (χ1n) is 8.35. The smallest absolute Gasteiger partial charge is 0.274 e. The van der Waals surface area contributed by atoms with Crippen molar-refractivity contribution in [3.05, 3.63) is 65.9 Å². The van der Waals surface area contributed by atoms with Crippen molar-refractivity contribution < 1.29 is 18.7 Å². The number of rotatable bonds is 7. The fourth-order valence-electron chi connectivity index (χ4n) is 2.46. The van der Waals surface area contributed by atoms with E-state index in [-0.39, 0.29) is 24.8 Å². The van der Waals surface area contributed by atoms with E-state index in [0.29, 0.717) is 17.2 Å². The molecular formula is C19H20N4O4. The lowest BCUT2D eigenvalue weighted by molar-refractivity contribution is -0.118. The first-order valence-corrected chi connectivity index (χ1v) is 8.35. The lowest BCUT2D eigenvalue weighted by atomic mass is 10.2. The molecule has 3 rings (SSSR count). The van der Waals surface area contributed by atoms with Crippen molar-refractivity contribution >= 4 is 17.5 Å². The maximum atomic E-state index is 12.4. The number of carbonyl (C=O) groups excluding carboxylic acids is 2. The molecule has 0 saturated carbocycles. The second kappa shape index (κ2) is 8.22. The summed E-state index contributed by atoms with van der Waals surface area (Å²) in [7, 11) is 1.67. The molecule has 8 heteroatoms. The van der Waals surface area contributed by atoms with Gasteiger partial charge >= 0.3 is 0 Å². The van der Waals surface area contributed by atoms with Crippen LogP contribution < -0.4 is 15.4 Å². The molecule has 0 atom stereocenters. The number of nitrogens with zero attached hydrogens (tertiary/aromatic N) is 2. The second-order valence-electron chi connectivity index (χ2n) is 5.93. The summed E-state index contributed by atoms with van der Waals surface area (Å²) in [6.45, 7) is 1.95. The molecule has 0 bridgehead atoms. The molecule has 0 aliphatic heterocycles. The molecule has 0 fully saturated rings. The van der Waals surface area contributed by atoms with E-state index in [9.17, 15) is 9.59 Å². The van der Waals surface area contributed by atoms with Gasteiger partial charge in [0.05, 0.1) is 18.5 Å². The van der Waals surface area contributed by atoms with Crippen molar-refractivity contribution in [2.24, 2.45) is 7.05 Å². The summed E-state index contributed by atoms with van der Waals surface area (Å²) in [5, 5.41) is 9.48. The Morgan fingerprint density at radius 1 is 1.22 bits per heavy atom. The third-order valence-electron chi connectivity index (χ3n) is 3.77. The number of nitrogens with one attached hydrogen (secondary N) is 2. The Kier molecular flexibility index (Phi) is 5.55.